The molecule has 1 nitrogen and oxygen atoms in total. The highest BCUT2D eigenvalue weighted by molar-refractivity contribution is 5.06. The van der Waals surface area contributed by atoms with Gasteiger partial charge in [-0.3, -0.25) is 0 Å². The number of allylic oxidation sites excluding steroid dienone is 1. The van der Waals surface area contributed by atoms with E-state index in [1.165, 1.54) is 19.5 Å². The molecule has 0 bridgehead atoms. The van der Waals surface area contributed by atoms with Crippen LogP contribution in [0.1, 0.15) is 20.3 Å². The van der Waals surface area contributed by atoms with Crippen molar-refractivity contribution in [3.63, 3.8) is 0 Å². The number of hydrogen-bond donors (Lipinski definition) is 0. The molecule has 0 aromatic rings. The molecule has 0 saturated carbocycles. The van der Waals surface area contributed by atoms with Gasteiger partial charge in [0.25, 0.3) is 0 Å². The minimum absolute atomic E-state index is 0.744. The van der Waals surface area contributed by atoms with Crippen molar-refractivity contribution < 1.29 is 0 Å². The predicted octanol–water partition coefficient (Wildman–Crippen LogP) is 1.90. The monoisotopic (exact) mass is 151 g/mol. The van der Waals surface area contributed by atoms with Crippen molar-refractivity contribution in [3.05, 3.63) is 12.2 Å². The number of hydrogen-bond acceptors (Lipinski definition) is 1. The summed E-state index contributed by atoms with van der Waals surface area (Å²) in [6.45, 7) is 7.23. The average molecular weight is 151 g/mol. The maximum absolute atomic E-state index is 2.60. The lowest BCUT2D eigenvalue weighted by molar-refractivity contribution is 0.262. The van der Waals surface area contributed by atoms with Crippen molar-refractivity contribution in [2.75, 3.05) is 13.1 Å². The first-order valence-electron chi connectivity index (χ1n) is 4.68. The van der Waals surface area contributed by atoms with E-state index in [0.717, 1.165) is 17.9 Å². The largest absolute Gasteiger partial charge is 0.300 e. The van der Waals surface area contributed by atoms with Crippen molar-refractivity contribution in [2.24, 2.45) is 11.8 Å². The van der Waals surface area contributed by atoms with Crippen LogP contribution in [-0.2, 0) is 0 Å². The molecule has 2 atom stereocenters. The summed E-state index contributed by atoms with van der Waals surface area (Å²) in [5.74, 6) is 1.84. The number of nitrogens with zero attached hydrogens (tertiary/aromatic N) is 1. The first kappa shape index (κ1) is 7.35. The normalized spacial score (nSPS) is 37.0. The summed E-state index contributed by atoms with van der Waals surface area (Å²) in [6.07, 6.45) is 6.09. The summed E-state index contributed by atoms with van der Waals surface area (Å²) < 4.78 is 0. The second-order valence-electron chi connectivity index (χ2n) is 4.14. The number of rotatable bonds is 1. The number of fused-ring (bicyclic) bond motifs is 1. The summed E-state index contributed by atoms with van der Waals surface area (Å²) in [7, 11) is 0. The lowest BCUT2D eigenvalue weighted by atomic mass is 10.0. The molecule has 2 rings (SSSR count). The fourth-order valence-corrected chi connectivity index (χ4v) is 2.25. The Hall–Kier alpha value is -0.300. The fraction of sp³-hybridized carbons (Fsp3) is 0.800. The van der Waals surface area contributed by atoms with E-state index in [2.05, 4.69) is 30.9 Å². The van der Waals surface area contributed by atoms with Crippen molar-refractivity contribution >= 4 is 0 Å². The zero-order chi connectivity index (χ0) is 7.84. The van der Waals surface area contributed by atoms with E-state index >= 15 is 0 Å². The second-order valence-corrected chi connectivity index (χ2v) is 4.14. The minimum atomic E-state index is 0.744. The molecular formula is C10H17N. The summed E-state index contributed by atoms with van der Waals surface area (Å²) in [5.41, 5.74) is 0. The van der Waals surface area contributed by atoms with Crippen molar-refractivity contribution in [1.29, 1.82) is 0 Å². The zero-order valence-electron chi connectivity index (χ0n) is 7.46. The molecule has 1 heterocycles. The summed E-state index contributed by atoms with van der Waals surface area (Å²) in [4.78, 5) is 2.60. The molecule has 1 unspecified atom stereocenters. The van der Waals surface area contributed by atoms with Gasteiger partial charge in [-0.1, -0.05) is 12.2 Å². The molecule has 1 saturated heterocycles. The standard InChI is InChI=1S/C10H17N/c1-8(2)11-6-9-4-3-5-10(9)7-11/h3-4,8-10H,5-7H2,1-2H3/t9-,10?/m1/s1. The van der Waals surface area contributed by atoms with Crippen molar-refractivity contribution in [1.82, 2.24) is 4.90 Å². The molecule has 1 heteroatoms. The van der Waals surface area contributed by atoms with Gasteiger partial charge in [0.05, 0.1) is 0 Å². The third-order valence-corrected chi connectivity index (χ3v) is 3.07. The molecule has 11 heavy (non-hydrogen) atoms. The molecular weight excluding hydrogens is 134 g/mol. The van der Waals surface area contributed by atoms with Gasteiger partial charge >= 0.3 is 0 Å². The molecule has 62 valence electrons. The quantitative estimate of drug-likeness (QED) is 0.517. The van der Waals surface area contributed by atoms with Crippen LogP contribution in [0, 0.1) is 11.8 Å². The van der Waals surface area contributed by atoms with Gasteiger partial charge in [0.15, 0.2) is 0 Å². The first-order chi connectivity index (χ1) is 5.27. The summed E-state index contributed by atoms with van der Waals surface area (Å²) >= 11 is 0. The van der Waals surface area contributed by atoms with Gasteiger partial charge in [0.2, 0.25) is 0 Å². The maximum atomic E-state index is 2.60. The van der Waals surface area contributed by atoms with Crippen LogP contribution in [-0.4, -0.2) is 24.0 Å². The van der Waals surface area contributed by atoms with E-state index in [1.54, 1.807) is 0 Å². The van der Waals surface area contributed by atoms with Crippen LogP contribution < -0.4 is 0 Å². The Bertz CT molecular complexity index is 172. The third-order valence-electron chi connectivity index (χ3n) is 3.07. The molecule has 0 N–H and O–H groups in total. The molecule has 1 aliphatic carbocycles. The van der Waals surface area contributed by atoms with Crippen LogP contribution in [0.15, 0.2) is 12.2 Å². The topological polar surface area (TPSA) is 3.24 Å². The Kier molecular flexibility index (Phi) is 1.76. The first-order valence-corrected chi connectivity index (χ1v) is 4.68. The molecule has 0 aromatic carbocycles. The third kappa shape index (κ3) is 1.22. The van der Waals surface area contributed by atoms with Crippen molar-refractivity contribution in [2.45, 2.75) is 26.3 Å². The van der Waals surface area contributed by atoms with Crippen LogP contribution in [0.4, 0.5) is 0 Å². The summed E-state index contributed by atoms with van der Waals surface area (Å²) in [5, 5.41) is 0. The van der Waals surface area contributed by atoms with E-state index < -0.39 is 0 Å². The molecule has 0 amide bonds. The van der Waals surface area contributed by atoms with Crippen LogP contribution in [0.3, 0.4) is 0 Å². The van der Waals surface area contributed by atoms with Gasteiger partial charge in [-0.15, -0.1) is 0 Å². The van der Waals surface area contributed by atoms with Crippen LogP contribution in [0.5, 0.6) is 0 Å². The Labute approximate surface area is 69.1 Å². The minimum Gasteiger partial charge on any atom is -0.300 e. The van der Waals surface area contributed by atoms with Crippen molar-refractivity contribution in [3.8, 4) is 0 Å². The van der Waals surface area contributed by atoms with Gasteiger partial charge < -0.3 is 4.90 Å². The van der Waals surface area contributed by atoms with E-state index in [1.807, 2.05) is 0 Å². The Balaban J connectivity index is 1.99. The fourth-order valence-electron chi connectivity index (χ4n) is 2.25. The van der Waals surface area contributed by atoms with Gasteiger partial charge in [0, 0.05) is 19.1 Å². The van der Waals surface area contributed by atoms with Gasteiger partial charge in [-0.25, -0.2) is 0 Å². The average Bonchev–Trinajstić information content (AvgIpc) is 2.40. The molecule has 0 radical (unpaired) electrons. The molecule has 1 fully saturated rings. The lowest BCUT2D eigenvalue weighted by Crippen LogP contribution is -2.28. The highest BCUT2D eigenvalue weighted by atomic mass is 15.2. The van der Waals surface area contributed by atoms with Gasteiger partial charge in [0.1, 0.15) is 0 Å². The number of likely N-dealkylation sites (tertiary alicyclic amines) is 1. The Morgan fingerprint density at radius 2 is 2.18 bits per heavy atom. The zero-order valence-corrected chi connectivity index (χ0v) is 7.46. The van der Waals surface area contributed by atoms with Crippen LogP contribution >= 0.6 is 0 Å². The van der Waals surface area contributed by atoms with Gasteiger partial charge in [-0.05, 0) is 32.1 Å². The highest BCUT2D eigenvalue weighted by Gasteiger charge is 2.33. The van der Waals surface area contributed by atoms with E-state index in [4.69, 9.17) is 0 Å². The maximum Gasteiger partial charge on any atom is 0.00504 e. The molecule has 0 aromatic heterocycles. The lowest BCUT2D eigenvalue weighted by Gasteiger charge is -2.20. The molecule has 0 spiro atoms. The second kappa shape index (κ2) is 2.63. The van der Waals surface area contributed by atoms with E-state index in [9.17, 15) is 0 Å². The van der Waals surface area contributed by atoms with Crippen LogP contribution in [0.2, 0.25) is 0 Å². The van der Waals surface area contributed by atoms with Gasteiger partial charge in [-0.2, -0.15) is 0 Å². The van der Waals surface area contributed by atoms with E-state index in [-0.39, 0.29) is 0 Å². The SMILES string of the molecule is CC(C)N1CC2CC=C[C@@H]2C1. The Morgan fingerprint density at radius 1 is 1.36 bits per heavy atom. The summed E-state index contributed by atoms with van der Waals surface area (Å²) in [6, 6.07) is 0.744. The Morgan fingerprint density at radius 3 is 2.82 bits per heavy atom. The molecule has 1 aliphatic heterocycles. The van der Waals surface area contributed by atoms with E-state index in [0.29, 0.717) is 0 Å². The molecule has 2 aliphatic rings. The highest BCUT2D eigenvalue weighted by Crippen LogP contribution is 2.33. The smallest absolute Gasteiger partial charge is 0.00504 e. The predicted molar refractivity (Wildman–Crippen MR) is 47.4 cm³/mol. The van der Waals surface area contributed by atoms with Crippen LogP contribution in [0.25, 0.3) is 0 Å².